The number of nitrogens with one attached hydrogen (secondary N) is 1. The number of halogens is 4. The smallest absolute Gasteiger partial charge is 0.416 e. The number of imidazole rings is 1. The van der Waals surface area contributed by atoms with Crippen LogP contribution >= 0.6 is 0 Å². The van der Waals surface area contributed by atoms with Gasteiger partial charge < -0.3 is 19.7 Å². The molecule has 2 heterocycles. The minimum Gasteiger partial charge on any atom is -0.494 e. The number of para-hydroxylation sites is 2. The minimum atomic E-state index is -4.57. The molecule has 3 aromatic carbocycles. The summed E-state index contributed by atoms with van der Waals surface area (Å²) in [6.45, 7) is 3.52. The lowest BCUT2D eigenvalue weighted by Gasteiger charge is -2.24. The number of nitrogens with zero attached hydrogens (tertiary/aromatic N) is 3. The van der Waals surface area contributed by atoms with E-state index in [9.17, 15) is 18.0 Å². The third kappa shape index (κ3) is 5.76. The lowest BCUT2D eigenvalue weighted by molar-refractivity contribution is -0.138. The summed E-state index contributed by atoms with van der Waals surface area (Å²) in [7, 11) is 3.09. The molecule has 0 amide bonds. The zero-order valence-corrected chi connectivity index (χ0v) is 23.7. The van der Waals surface area contributed by atoms with Gasteiger partial charge in [-0.2, -0.15) is 13.2 Å². The standard InChI is InChI=1S/C31H34F4N4O3/c1-20(19-41-2)36-16-21-9-6-11-25(32)28(21)37-15-14-23(18-37)39-26-12-7-13-27(42-3)29(26)38(30(39)40)17-22-8-4-5-10-24(22)31(33,34)35/h4-13,20,23,36H,14-19H2,1-3H3/t20?,23-/m1/s1. The summed E-state index contributed by atoms with van der Waals surface area (Å²) in [5.41, 5.74) is 0.992. The fourth-order valence-electron chi connectivity index (χ4n) is 5.88. The van der Waals surface area contributed by atoms with Crippen molar-refractivity contribution in [2.24, 2.45) is 0 Å². The van der Waals surface area contributed by atoms with E-state index in [0.29, 0.717) is 55.1 Å². The molecule has 1 aliphatic rings. The van der Waals surface area contributed by atoms with Crippen LogP contribution in [0.25, 0.3) is 11.0 Å². The second kappa shape index (κ2) is 12.2. The molecule has 0 radical (unpaired) electrons. The molecule has 224 valence electrons. The first kappa shape index (κ1) is 29.7. The van der Waals surface area contributed by atoms with E-state index in [-0.39, 0.29) is 30.0 Å². The number of rotatable bonds is 10. The van der Waals surface area contributed by atoms with E-state index in [1.807, 2.05) is 17.9 Å². The SMILES string of the molecule is COCC(C)NCc1cccc(F)c1N1CC[C@@H](n2c(=O)n(Cc3ccccc3C(F)(F)F)c3c(OC)cccc32)C1. The highest BCUT2D eigenvalue weighted by molar-refractivity contribution is 5.83. The number of benzene rings is 3. The van der Waals surface area contributed by atoms with E-state index >= 15 is 4.39 Å². The van der Waals surface area contributed by atoms with Crippen molar-refractivity contribution in [1.29, 1.82) is 0 Å². The van der Waals surface area contributed by atoms with Crippen molar-refractivity contribution in [3.63, 3.8) is 0 Å². The maximum atomic E-state index is 15.2. The number of alkyl halides is 3. The van der Waals surface area contributed by atoms with Crippen LogP contribution in [-0.2, 0) is 24.0 Å². The second-order valence-corrected chi connectivity index (χ2v) is 10.6. The molecule has 1 saturated heterocycles. The Balaban J connectivity index is 1.52. The average molecular weight is 587 g/mol. The van der Waals surface area contributed by atoms with Crippen molar-refractivity contribution in [3.8, 4) is 5.75 Å². The Hall–Kier alpha value is -3.83. The molecule has 1 fully saturated rings. The molecular weight excluding hydrogens is 552 g/mol. The molecule has 1 N–H and O–H groups in total. The Labute approximate surface area is 241 Å². The van der Waals surface area contributed by atoms with Gasteiger partial charge in [-0.3, -0.25) is 9.13 Å². The molecule has 0 saturated carbocycles. The summed E-state index contributed by atoms with van der Waals surface area (Å²) >= 11 is 0. The summed E-state index contributed by atoms with van der Waals surface area (Å²) in [6.07, 6.45) is -4.01. The molecule has 7 nitrogen and oxygen atoms in total. The van der Waals surface area contributed by atoms with Gasteiger partial charge in [0.2, 0.25) is 0 Å². The highest BCUT2D eigenvalue weighted by Gasteiger charge is 2.35. The van der Waals surface area contributed by atoms with Crippen LogP contribution in [0, 0.1) is 5.82 Å². The van der Waals surface area contributed by atoms with Crippen LogP contribution in [0.15, 0.2) is 65.5 Å². The molecule has 1 aromatic heterocycles. The van der Waals surface area contributed by atoms with Crippen LogP contribution in [0.3, 0.4) is 0 Å². The molecule has 1 aliphatic heterocycles. The van der Waals surface area contributed by atoms with Crippen LogP contribution in [0.1, 0.15) is 36.1 Å². The zero-order valence-electron chi connectivity index (χ0n) is 23.7. The molecule has 0 aliphatic carbocycles. The number of methoxy groups -OCH3 is 2. The fraction of sp³-hybridized carbons (Fsp3) is 0.387. The fourth-order valence-corrected chi connectivity index (χ4v) is 5.88. The Morgan fingerprint density at radius 2 is 1.76 bits per heavy atom. The average Bonchev–Trinajstić information content (AvgIpc) is 3.54. The van der Waals surface area contributed by atoms with Crippen LogP contribution < -0.4 is 20.6 Å². The van der Waals surface area contributed by atoms with Gasteiger partial charge in [-0.1, -0.05) is 36.4 Å². The van der Waals surface area contributed by atoms with Crippen molar-refractivity contribution >= 4 is 16.7 Å². The van der Waals surface area contributed by atoms with Gasteiger partial charge in [-0.05, 0) is 48.7 Å². The number of hydrogen-bond acceptors (Lipinski definition) is 5. The Morgan fingerprint density at radius 3 is 2.50 bits per heavy atom. The monoisotopic (exact) mass is 586 g/mol. The van der Waals surface area contributed by atoms with Gasteiger partial charge in [-0.15, -0.1) is 0 Å². The number of aromatic nitrogens is 2. The lowest BCUT2D eigenvalue weighted by atomic mass is 10.1. The molecule has 11 heteroatoms. The number of anilines is 1. The molecule has 42 heavy (non-hydrogen) atoms. The molecule has 1 unspecified atom stereocenters. The predicted octanol–water partition coefficient (Wildman–Crippen LogP) is 5.59. The molecule has 4 aromatic rings. The van der Waals surface area contributed by atoms with E-state index in [2.05, 4.69) is 5.32 Å². The van der Waals surface area contributed by atoms with E-state index in [4.69, 9.17) is 9.47 Å². The van der Waals surface area contributed by atoms with Crippen molar-refractivity contribution in [2.75, 3.05) is 38.8 Å². The van der Waals surface area contributed by atoms with Crippen LogP contribution in [0.5, 0.6) is 5.75 Å². The summed E-state index contributed by atoms with van der Waals surface area (Å²) in [5, 5.41) is 3.35. The molecule has 2 atom stereocenters. The maximum Gasteiger partial charge on any atom is 0.416 e. The highest BCUT2D eigenvalue weighted by Crippen LogP contribution is 2.36. The minimum absolute atomic E-state index is 0.0173. The van der Waals surface area contributed by atoms with Crippen molar-refractivity contribution in [3.05, 3.63) is 93.7 Å². The van der Waals surface area contributed by atoms with E-state index in [1.165, 1.54) is 35.9 Å². The maximum absolute atomic E-state index is 15.2. The van der Waals surface area contributed by atoms with Gasteiger partial charge >= 0.3 is 11.9 Å². The van der Waals surface area contributed by atoms with Gasteiger partial charge in [0.1, 0.15) is 17.1 Å². The summed E-state index contributed by atoms with van der Waals surface area (Å²) in [5.74, 6) is 0.0323. The van der Waals surface area contributed by atoms with Crippen LogP contribution in [-0.4, -0.2) is 49.1 Å². The third-order valence-electron chi connectivity index (χ3n) is 7.79. The van der Waals surface area contributed by atoms with Gasteiger partial charge in [0, 0.05) is 32.8 Å². The lowest BCUT2D eigenvalue weighted by Crippen LogP contribution is -2.32. The first-order chi connectivity index (χ1) is 20.1. The Morgan fingerprint density at radius 1 is 1.02 bits per heavy atom. The number of ether oxygens (including phenoxy) is 2. The first-order valence-corrected chi connectivity index (χ1v) is 13.8. The van der Waals surface area contributed by atoms with Crippen LogP contribution in [0.2, 0.25) is 0 Å². The van der Waals surface area contributed by atoms with Crippen molar-refractivity contribution in [2.45, 2.75) is 44.7 Å². The number of fused-ring (bicyclic) bond motifs is 1. The van der Waals surface area contributed by atoms with E-state index in [1.54, 1.807) is 35.9 Å². The Kier molecular flexibility index (Phi) is 8.60. The zero-order chi connectivity index (χ0) is 30.0. The molecular formula is C31H34F4N4O3. The van der Waals surface area contributed by atoms with E-state index in [0.717, 1.165) is 11.6 Å². The Bertz CT molecular complexity index is 1610. The summed E-state index contributed by atoms with van der Waals surface area (Å²) in [6, 6.07) is 15.2. The quantitative estimate of drug-likeness (QED) is 0.246. The van der Waals surface area contributed by atoms with Crippen molar-refractivity contribution in [1.82, 2.24) is 14.5 Å². The van der Waals surface area contributed by atoms with Gasteiger partial charge in [-0.25, -0.2) is 9.18 Å². The normalized spacial score (nSPS) is 16.4. The first-order valence-electron chi connectivity index (χ1n) is 13.8. The van der Waals surface area contributed by atoms with Crippen LogP contribution in [0.4, 0.5) is 23.2 Å². The highest BCUT2D eigenvalue weighted by atomic mass is 19.4. The summed E-state index contributed by atoms with van der Waals surface area (Å²) in [4.78, 5) is 15.9. The topological polar surface area (TPSA) is 60.7 Å². The molecule has 5 rings (SSSR count). The second-order valence-electron chi connectivity index (χ2n) is 10.6. The molecule has 0 spiro atoms. The molecule has 0 bridgehead atoms. The largest absolute Gasteiger partial charge is 0.494 e. The number of hydrogen-bond donors (Lipinski definition) is 1. The third-order valence-corrected chi connectivity index (χ3v) is 7.79. The summed E-state index contributed by atoms with van der Waals surface area (Å²) < 4.78 is 70.4. The van der Waals surface area contributed by atoms with E-state index < -0.39 is 17.4 Å². The van der Waals surface area contributed by atoms with Gasteiger partial charge in [0.15, 0.2) is 0 Å². The van der Waals surface area contributed by atoms with Gasteiger partial charge in [0.05, 0.1) is 43.1 Å². The van der Waals surface area contributed by atoms with Gasteiger partial charge in [0.25, 0.3) is 0 Å². The van der Waals surface area contributed by atoms with Crippen molar-refractivity contribution < 1.29 is 27.0 Å². The predicted molar refractivity (Wildman–Crippen MR) is 154 cm³/mol.